The Labute approximate surface area is 120 Å². The first-order valence-corrected chi connectivity index (χ1v) is 7.73. The van der Waals surface area contributed by atoms with Crippen LogP contribution in [0.15, 0.2) is 34.7 Å². The van der Waals surface area contributed by atoms with Crippen LogP contribution in [0.2, 0.25) is 0 Å². The highest BCUT2D eigenvalue weighted by Gasteiger charge is 2.18. The molecule has 1 N–H and O–H groups in total. The van der Waals surface area contributed by atoms with E-state index in [1.807, 2.05) is 44.2 Å². The number of ketones is 1. The Bertz CT molecular complexity index is 542. The highest BCUT2D eigenvalue weighted by atomic mass is 32.2. The lowest BCUT2D eigenvalue weighted by atomic mass is 10.1. The highest BCUT2D eigenvalue weighted by Crippen LogP contribution is 2.30. The maximum Gasteiger partial charge on any atom is 0.206 e. The molecule has 0 saturated heterocycles. The second-order valence-corrected chi connectivity index (χ2v) is 6.46. The molecule has 1 heterocycles. The number of hydrogen-bond donors (Lipinski definition) is 1. The Morgan fingerprint density at radius 1 is 1.37 bits per heavy atom. The molecule has 0 fully saturated rings. The van der Waals surface area contributed by atoms with E-state index in [-0.39, 0.29) is 11.0 Å². The van der Waals surface area contributed by atoms with Gasteiger partial charge in [0, 0.05) is 12.1 Å². The molecule has 2 aromatic rings. The number of carbonyl (C=O) groups excluding carboxylic acids is 1. The summed E-state index contributed by atoms with van der Waals surface area (Å²) in [5.41, 5.74) is 0.735. The van der Waals surface area contributed by atoms with Gasteiger partial charge in [0.1, 0.15) is 0 Å². The van der Waals surface area contributed by atoms with Crippen molar-refractivity contribution in [2.75, 3.05) is 11.9 Å². The van der Waals surface area contributed by atoms with Crippen molar-refractivity contribution in [2.24, 2.45) is 0 Å². The molecule has 4 nitrogen and oxygen atoms in total. The zero-order valence-corrected chi connectivity index (χ0v) is 12.4. The highest BCUT2D eigenvalue weighted by molar-refractivity contribution is 8.02. The van der Waals surface area contributed by atoms with E-state index in [0.29, 0.717) is 0 Å². The number of rotatable bonds is 6. The third-order valence-electron chi connectivity index (χ3n) is 2.44. The van der Waals surface area contributed by atoms with Crippen LogP contribution in [0.3, 0.4) is 0 Å². The fourth-order valence-corrected chi connectivity index (χ4v) is 3.56. The van der Waals surface area contributed by atoms with E-state index in [2.05, 4.69) is 15.5 Å². The minimum absolute atomic E-state index is 0.116. The lowest BCUT2D eigenvalue weighted by Gasteiger charge is -2.07. The van der Waals surface area contributed by atoms with Crippen molar-refractivity contribution in [1.82, 2.24) is 10.2 Å². The van der Waals surface area contributed by atoms with Crippen LogP contribution < -0.4 is 5.32 Å². The van der Waals surface area contributed by atoms with Gasteiger partial charge in [-0.15, -0.1) is 10.2 Å². The van der Waals surface area contributed by atoms with E-state index in [4.69, 9.17) is 0 Å². The SMILES string of the molecule is CCNc1nnc(S[C@@H](C)C(=O)c2ccccc2)s1. The Morgan fingerprint density at radius 2 is 2.11 bits per heavy atom. The van der Waals surface area contributed by atoms with Crippen molar-refractivity contribution in [1.29, 1.82) is 0 Å². The smallest absolute Gasteiger partial charge is 0.206 e. The van der Waals surface area contributed by atoms with Crippen LogP contribution in [0, 0.1) is 0 Å². The van der Waals surface area contributed by atoms with Gasteiger partial charge in [-0.05, 0) is 13.8 Å². The first kappa shape index (κ1) is 14.0. The van der Waals surface area contributed by atoms with Gasteiger partial charge in [0.15, 0.2) is 10.1 Å². The summed E-state index contributed by atoms with van der Waals surface area (Å²) in [6, 6.07) is 9.33. The molecule has 0 saturated carbocycles. The van der Waals surface area contributed by atoms with Crippen molar-refractivity contribution >= 4 is 34.0 Å². The van der Waals surface area contributed by atoms with Gasteiger partial charge in [-0.25, -0.2) is 0 Å². The van der Waals surface area contributed by atoms with Crippen LogP contribution in [0.1, 0.15) is 24.2 Å². The average Bonchev–Trinajstić information content (AvgIpc) is 2.86. The molecule has 19 heavy (non-hydrogen) atoms. The van der Waals surface area contributed by atoms with Crippen LogP contribution in [-0.2, 0) is 0 Å². The molecule has 0 bridgehead atoms. The summed E-state index contributed by atoms with van der Waals surface area (Å²) in [5, 5.41) is 11.8. The summed E-state index contributed by atoms with van der Waals surface area (Å²) >= 11 is 2.92. The average molecular weight is 293 g/mol. The molecular formula is C13H15N3OS2. The first-order valence-electron chi connectivity index (χ1n) is 6.04. The standard InChI is InChI=1S/C13H15N3OS2/c1-3-14-12-15-16-13(19-12)18-9(2)11(17)10-7-5-4-6-8-10/h4-9H,3H2,1-2H3,(H,14,15)/t9-/m0/s1. The molecular weight excluding hydrogens is 278 g/mol. The molecule has 1 aromatic heterocycles. The Kier molecular flexibility index (Phi) is 4.93. The normalized spacial score (nSPS) is 12.1. The van der Waals surface area contributed by atoms with Gasteiger partial charge in [0.2, 0.25) is 5.13 Å². The van der Waals surface area contributed by atoms with Crippen molar-refractivity contribution in [2.45, 2.75) is 23.4 Å². The molecule has 6 heteroatoms. The molecule has 0 aliphatic carbocycles. The number of carbonyl (C=O) groups is 1. The summed E-state index contributed by atoms with van der Waals surface area (Å²) in [6.45, 7) is 4.72. The summed E-state index contributed by atoms with van der Waals surface area (Å²) in [4.78, 5) is 12.2. The van der Waals surface area contributed by atoms with Gasteiger partial charge >= 0.3 is 0 Å². The van der Waals surface area contributed by atoms with Gasteiger partial charge < -0.3 is 5.32 Å². The van der Waals surface area contributed by atoms with Crippen LogP contribution in [0.5, 0.6) is 0 Å². The molecule has 0 spiro atoms. The lowest BCUT2D eigenvalue weighted by Crippen LogP contribution is -2.13. The fourth-order valence-electron chi connectivity index (χ4n) is 1.52. The number of aromatic nitrogens is 2. The fraction of sp³-hybridized carbons (Fsp3) is 0.308. The Balaban J connectivity index is 2.00. The molecule has 0 amide bonds. The maximum absolute atomic E-state index is 12.2. The quantitative estimate of drug-likeness (QED) is 0.654. The number of thioether (sulfide) groups is 1. The van der Waals surface area contributed by atoms with Crippen molar-refractivity contribution < 1.29 is 4.79 Å². The van der Waals surface area contributed by atoms with E-state index >= 15 is 0 Å². The molecule has 2 rings (SSSR count). The topological polar surface area (TPSA) is 54.9 Å². The Hall–Kier alpha value is -1.40. The largest absolute Gasteiger partial charge is 0.360 e. The zero-order chi connectivity index (χ0) is 13.7. The zero-order valence-electron chi connectivity index (χ0n) is 10.8. The summed E-state index contributed by atoms with van der Waals surface area (Å²) < 4.78 is 0.813. The van der Waals surface area contributed by atoms with Crippen molar-refractivity contribution in [3.8, 4) is 0 Å². The summed E-state index contributed by atoms with van der Waals surface area (Å²) in [7, 11) is 0. The van der Waals surface area contributed by atoms with E-state index in [0.717, 1.165) is 21.6 Å². The lowest BCUT2D eigenvalue weighted by molar-refractivity contribution is 0.0994. The number of nitrogens with zero attached hydrogens (tertiary/aromatic N) is 2. The molecule has 0 aliphatic heterocycles. The monoisotopic (exact) mass is 293 g/mol. The molecule has 1 atom stereocenters. The van der Waals surface area contributed by atoms with Gasteiger partial charge in [0.05, 0.1) is 5.25 Å². The minimum atomic E-state index is -0.162. The molecule has 1 aromatic carbocycles. The molecule has 0 radical (unpaired) electrons. The maximum atomic E-state index is 12.2. The van der Waals surface area contributed by atoms with E-state index in [9.17, 15) is 4.79 Å². The summed E-state index contributed by atoms with van der Waals surface area (Å²) in [5.74, 6) is 0.116. The molecule has 0 unspecified atom stereocenters. The van der Waals surface area contributed by atoms with Crippen LogP contribution >= 0.6 is 23.1 Å². The van der Waals surface area contributed by atoms with Crippen LogP contribution in [0.25, 0.3) is 0 Å². The second kappa shape index (κ2) is 6.68. The Morgan fingerprint density at radius 3 is 2.79 bits per heavy atom. The molecule has 100 valence electrons. The van der Waals surface area contributed by atoms with Gasteiger partial charge in [-0.3, -0.25) is 4.79 Å². The third-order valence-corrected chi connectivity index (χ3v) is 4.50. The van der Waals surface area contributed by atoms with Crippen molar-refractivity contribution in [3.05, 3.63) is 35.9 Å². The van der Waals surface area contributed by atoms with Gasteiger partial charge in [-0.1, -0.05) is 53.4 Å². The van der Waals surface area contributed by atoms with Crippen molar-refractivity contribution in [3.63, 3.8) is 0 Å². The number of hydrogen-bond acceptors (Lipinski definition) is 6. The van der Waals surface area contributed by atoms with E-state index < -0.39 is 0 Å². The summed E-state index contributed by atoms with van der Waals surface area (Å²) in [6.07, 6.45) is 0. The number of anilines is 1. The van der Waals surface area contributed by atoms with E-state index in [1.54, 1.807) is 0 Å². The number of Topliss-reactive ketones (excluding diaryl/α,β-unsaturated/α-hetero) is 1. The number of benzene rings is 1. The predicted molar refractivity (Wildman–Crippen MR) is 80.2 cm³/mol. The van der Waals surface area contributed by atoms with Gasteiger partial charge in [0.25, 0.3) is 0 Å². The second-order valence-electron chi connectivity index (χ2n) is 3.89. The van der Waals surface area contributed by atoms with E-state index in [1.165, 1.54) is 23.1 Å². The van der Waals surface area contributed by atoms with Crippen LogP contribution in [0.4, 0.5) is 5.13 Å². The molecule has 0 aliphatic rings. The predicted octanol–water partition coefficient (Wildman–Crippen LogP) is 3.33. The van der Waals surface area contributed by atoms with Gasteiger partial charge in [-0.2, -0.15) is 0 Å². The number of nitrogens with one attached hydrogen (secondary N) is 1. The third kappa shape index (κ3) is 3.78. The first-order chi connectivity index (χ1) is 9.20. The minimum Gasteiger partial charge on any atom is -0.360 e. The van der Waals surface area contributed by atoms with Crippen LogP contribution in [-0.4, -0.2) is 27.8 Å².